The van der Waals surface area contributed by atoms with E-state index in [1.165, 1.54) is 12.8 Å². The highest BCUT2D eigenvalue weighted by Gasteiger charge is 2.45. The van der Waals surface area contributed by atoms with Crippen molar-refractivity contribution in [1.82, 2.24) is 25.5 Å². The second kappa shape index (κ2) is 8.23. The van der Waals surface area contributed by atoms with Gasteiger partial charge in [0, 0.05) is 61.9 Å². The van der Waals surface area contributed by atoms with Gasteiger partial charge in [0.15, 0.2) is 0 Å². The number of carbonyl (C=O) groups excluding carboxylic acids is 2. The van der Waals surface area contributed by atoms with Crippen LogP contribution in [0.25, 0.3) is 0 Å². The molecule has 0 aromatic carbocycles. The summed E-state index contributed by atoms with van der Waals surface area (Å²) < 4.78 is 0. The number of hydrogen-bond acceptors (Lipinski definition) is 4. The lowest BCUT2D eigenvalue weighted by Crippen LogP contribution is -2.46. The summed E-state index contributed by atoms with van der Waals surface area (Å²) in [6.45, 7) is 4.48. The molecule has 7 nitrogen and oxygen atoms in total. The summed E-state index contributed by atoms with van der Waals surface area (Å²) in [5, 5.41) is 6.23. The second-order valence-electron chi connectivity index (χ2n) is 9.18. The smallest absolute Gasteiger partial charge is 0.225 e. The minimum atomic E-state index is -0.117. The zero-order chi connectivity index (χ0) is 19.6. The van der Waals surface area contributed by atoms with Gasteiger partial charge in [-0.3, -0.25) is 14.5 Å². The van der Waals surface area contributed by atoms with Crippen molar-refractivity contribution in [1.29, 1.82) is 0 Å². The van der Waals surface area contributed by atoms with Crippen LogP contribution in [0.5, 0.6) is 0 Å². The molecule has 2 saturated carbocycles. The molecule has 2 aliphatic carbocycles. The van der Waals surface area contributed by atoms with Crippen molar-refractivity contribution in [2.45, 2.75) is 70.4 Å². The predicted molar refractivity (Wildman–Crippen MR) is 107 cm³/mol. The van der Waals surface area contributed by atoms with E-state index in [0.717, 1.165) is 56.8 Å². The summed E-state index contributed by atoms with van der Waals surface area (Å²) in [6.07, 6.45) is 11.5. The number of carbonyl (C=O) groups is 2. The number of aromatic nitrogens is 2. The van der Waals surface area contributed by atoms with Crippen LogP contribution >= 0.6 is 0 Å². The fourth-order valence-corrected chi connectivity index (χ4v) is 4.23. The lowest BCUT2D eigenvalue weighted by molar-refractivity contribution is -0.126. The number of likely N-dealkylation sites (tertiary alicyclic amines) is 1. The molecule has 4 rings (SSSR count). The first-order valence-corrected chi connectivity index (χ1v) is 10.8. The molecule has 0 spiro atoms. The van der Waals surface area contributed by atoms with Crippen LogP contribution in [0.4, 0.5) is 0 Å². The molecule has 3 fully saturated rings. The molecule has 0 unspecified atom stereocenters. The third-order valence-electron chi connectivity index (χ3n) is 6.68. The number of H-pyrrole nitrogens is 1. The van der Waals surface area contributed by atoms with Crippen molar-refractivity contribution in [3.05, 3.63) is 18.2 Å². The van der Waals surface area contributed by atoms with Gasteiger partial charge in [-0.25, -0.2) is 4.98 Å². The molecular weight excluding hydrogens is 354 g/mol. The molecule has 1 aliphatic heterocycles. The average molecular weight is 388 g/mol. The lowest BCUT2D eigenvalue weighted by atomic mass is 10.1. The summed E-state index contributed by atoms with van der Waals surface area (Å²) in [7, 11) is 0. The fraction of sp³-hybridized carbons (Fsp3) is 0.762. The Labute approximate surface area is 167 Å². The first kappa shape index (κ1) is 19.4. The number of nitrogens with one attached hydrogen (secondary N) is 3. The van der Waals surface area contributed by atoms with Crippen LogP contribution in [0.2, 0.25) is 0 Å². The zero-order valence-corrected chi connectivity index (χ0v) is 16.9. The normalized spacial score (nSPS) is 26.2. The molecule has 3 aliphatic rings. The molecule has 1 aromatic heterocycles. The number of rotatable bonds is 10. The largest absolute Gasteiger partial charge is 0.356 e. The highest BCUT2D eigenvalue weighted by Crippen LogP contribution is 2.45. The van der Waals surface area contributed by atoms with Crippen LogP contribution in [0.1, 0.15) is 57.6 Å². The van der Waals surface area contributed by atoms with Gasteiger partial charge in [0.2, 0.25) is 11.8 Å². The van der Waals surface area contributed by atoms with Crippen molar-refractivity contribution >= 4 is 11.8 Å². The third-order valence-corrected chi connectivity index (χ3v) is 6.68. The molecule has 2 heterocycles. The average Bonchev–Trinajstić information content (AvgIpc) is 3.55. The third kappa shape index (κ3) is 4.93. The van der Waals surface area contributed by atoms with Crippen LogP contribution in [0.15, 0.2) is 12.5 Å². The van der Waals surface area contributed by atoms with Crippen LogP contribution in [-0.2, 0) is 16.0 Å². The first-order chi connectivity index (χ1) is 13.5. The van der Waals surface area contributed by atoms with E-state index in [1.807, 2.05) is 0 Å². The minimum absolute atomic E-state index is 0.117. The Bertz CT molecular complexity index is 681. The summed E-state index contributed by atoms with van der Waals surface area (Å²) in [4.78, 5) is 34.3. The van der Waals surface area contributed by atoms with Gasteiger partial charge in [0.25, 0.3) is 0 Å². The maximum absolute atomic E-state index is 12.5. The molecule has 28 heavy (non-hydrogen) atoms. The molecule has 0 bridgehead atoms. The van der Waals surface area contributed by atoms with Gasteiger partial charge >= 0.3 is 0 Å². The second-order valence-corrected chi connectivity index (χ2v) is 9.18. The van der Waals surface area contributed by atoms with E-state index >= 15 is 0 Å². The number of hydrogen-bond donors (Lipinski definition) is 3. The maximum Gasteiger partial charge on any atom is 0.225 e. The van der Waals surface area contributed by atoms with Crippen molar-refractivity contribution in [2.24, 2.45) is 11.3 Å². The summed E-state index contributed by atoms with van der Waals surface area (Å²) >= 11 is 0. The maximum atomic E-state index is 12.5. The fourth-order valence-electron chi connectivity index (χ4n) is 4.23. The molecule has 154 valence electrons. The van der Waals surface area contributed by atoms with Crippen LogP contribution < -0.4 is 10.6 Å². The van der Waals surface area contributed by atoms with Gasteiger partial charge in [-0.15, -0.1) is 0 Å². The van der Waals surface area contributed by atoms with Gasteiger partial charge in [-0.1, -0.05) is 6.92 Å². The van der Waals surface area contributed by atoms with Crippen molar-refractivity contribution in [3.63, 3.8) is 0 Å². The molecule has 3 N–H and O–H groups in total. The van der Waals surface area contributed by atoms with Crippen LogP contribution in [0.3, 0.4) is 0 Å². The zero-order valence-electron chi connectivity index (χ0n) is 16.9. The van der Waals surface area contributed by atoms with E-state index in [4.69, 9.17) is 0 Å². The van der Waals surface area contributed by atoms with Gasteiger partial charge in [-0.05, 0) is 44.4 Å². The Morgan fingerprint density at radius 3 is 2.68 bits per heavy atom. The highest BCUT2D eigenvalue weighted by atomic mass is 16.2. The predicted octanol–water partition coefficient (Wildman–Crippen LogP) is 1.62. The summed E-state index contributed by atoms with van der Waals surface area (Å²) in [6, 6.07) is 0.667. The molecular formula is C21H33N5O2. The Morgan fingerprint density at radius 1 is 1.21 bits per heavy atom. The number of imidazole rings is 1. The van der Waals surface area contributed by atoms with E-state index < -0.39 is 0 Å². The van der Waals surface area contributed by atoms with Crippen molar-refractivity contribution in [2.75, 3.05) is 19.6 Å². The van der Waals surface area contributed by atoms with Crippen LogP contribution in [-0.4, -0.2) is 58.4 Å². The highest BCUT2D eigenvalue weighted by molar-refractivity contribution is 5.84. The monoisotopic (exact) mass is 387 g/mol. The number of nitrogens with zero attached hydrogens (tertiary/aromatic N) is 2. The standard InChI is InChI=1S/C21H33N5O2/c1-21(7-8-21)20(28)24-12-18-5-4-17(26(18)13-15-2-3-15)10-19(27)23-9-6-16-11-22-14-25-16/h11,14-15,17-18H,2-10,12-13H2,1H3,(H,22,25)(H,23,27)(H,24,28)/t17-,18+/m1/s1. The van der Waals surface area contributed by atoms with E-state index in [1.54, 1.807) is 12.5 Å². The number of aromatic amines is 1. The SMILES string of the molecule is CC1(C(=O)NC[C@@H]2CC[C@H](CC(=O)NCCc3cnc[nH]3)N2CC2CC2)CC1. The quantitative estimate of drug-likeness (QED) is 0.569. The van der Waals surface area contributed by atoms with Gasteiger partial charge in [-0.2, -0.15) is 0 Å². The topological polar surface area (TPSA) is 90.1 Å². The minimum Gasteiger partial charge on any atom is -0.356 e. The Hall–Kier alpha value is -1.89. The molecule has 2 atom stereocenters. The summed E-state index contributed by atoms with van der Waals surface area (Å²) in [5.74, 6) is 1.11. The first-order valence-electron chi connectivity index (χ1n) is 10.8. The Morgan fingerprint density at radius 2 is 2.00 bits per heavy atom. The Balaban J connectivity index is 1.24. The molecule has 7 heteroatoms. The van der Waals surface area contributed by atoms with Crippen LogP contribution in [0, 0.1) is 11.3 Å². The van der Waals surface area contributed by atoms with Gasteiger partial charge in [0.1, 0.15) is 0 Å². The molecule has 0 radical (unpaired) electrons. The van der Waals surface area contributed by atoms with Gasteiger partial charge < -0.3 is 15.6 Å². The van der Waals surface area contributed by atoms with E-state index in [9.17, 15) is 9.59 Å². The van der Waals surface area contributed by atoms with E-state index in [-0.39, 0.29) is 17.2 Å². The van der Waals surface area contributed by atoms with Crippen molar-refractivity contribution in [3.8, 4) is 0 Å². The summed E-state index contributed by atoms with van der Waals surface area (Å²) in [5.41, 5.74) is 0.921. The van der Waals surface area contributed by atoms with Gasteiger partial charge in [0.05, 0.1) is 6.33 Å². The molecule has 1 aromatic rings. The molecule has 1 saturated heterocycles. The molecule has 2 amide bonds. The van der Waals surface area contributed by atoms with E-state index in [2.05, 4.69) is 32.4 Å². The van der Waals surface area contributed by atoms with E-state index in [0.29, 0.717) is 25.0 Å². The lowest BCUT2D eigenvalue weighted by Gasteiger charge is -2.30. The Kier molecular flexibility index (Phi) is 5.71. The van der Waals surface area contributed by atoms with Crippen molar-refractivity contribution < 1.29 is 9.59 Å². The number of amides is 2.